The van der Waals surface area contributed by atoms with E-state index in [0.717, 1.165) is 29.7 Å². The van der Waals surface area contributed by atoms with Crippen molar-refractivity contribution >= 4 is 28.4 Å². The van der Waals surface area contributed by atoms with Gasteiger partial charge in [0.1, 0.15) is 5.52 Å². The maximum Gasteiger partial charge on any atom is 0.202 e. The van der Waals surface area contributed by atoms with Crippen molar-refractivity contribution in [1.82, 2.24) is 19.3 Å². The van der Waals surface area contributed by atoms with E-state index in [-0.39, 0.29) is 6.04 Å². The number of nitrogens with two attached hydrogens (primary N) is 1. The van der Waals surface area contributed by atoms with Gasteiger partial charge in [0.15, 0.2) is 5.65 Å². The fourth-order valence-corrected chi connectivity index (χ4v) is 3.41. The van der Waals surface area contributed by atoms with Crippen molar-refractivity contribution in [3.63, 3.8) is 0 Å². The molecule has 3 heterocycles. The summed E-state index contributed by atoms with van der Waals surface area (Å²) < 4.78 is 3.99. The molecule has 0 aliphatic heterocycles. The minimum atomic E-state index is 0.259. The van der Waals surface area contributed by atoms with Crippen molar-refractivity contribution in [2.24, 2.45) is 7.05 Å². The highest BCUT2D eigenvalue weighted by Gasteiger charge is 2.20. The molecule has 0 saturated carbocycles. The van der Waals surface area contributed by atoms with Gasteiger partial charge in [-0.25, -0.2) is 4.98 Å². The van der Waals surface area contributed by atoms with Gasteiger partial charge in [-0.05, 0) is 42.2 Å². The van der Waals surface area contributed by atoms with Crippen molar-refractivity contribution in [2.45, 2.75) is 32.7 Å². The molecule has 0 fully saturated rings. The molecule has 1 atom stereocenters. The summed E-state index contributed by atoms with van der Waals surface area (Å²) in [4.78, 5) is 4.52. The number of imidazole rings is 1. The topological polar surface area (TPSA) is 61.7 Å². The van der Waals surface area contributed by atoms with Crippen molar-refractivity contribution in [3.8, 4) is 0 Å². The summed E-state index contributed by atoms with van der Waals surface area (Å²) in [5, 5.41) is 8.82. The lowest BCUT2D eigenvalue weighted by molar-refractivity contribution is 0.552. The number of nitrogens with zero attached hydrogens (tertiary/aromatic N) is 4. The molecular weight excluding hydrogens is 270 g/mol. The Kier molecular flexibility index (Phi) is 3.25. The molecule has 6 heteroatoms. The van der Waals surface area contributed by atoms with Crippen LogP contribution in [0.1, 0.15) is 31.1 Å². The lowest BCUT2D eigenvalue weighted by atomic mass is 10.1. The van der Waals surface area contributed by atoms with Gasteiger partial charge in [-0.1, -0.05) is 6.92 Å². The van der Waals surface area contributed by atoms with Crippen LogP contribution in [0.3, 0.4) is 0 Å². The Morgan fingerprint density at radius 2 is 2.25 bits per heavy atom. The number of thiophene rings is 1. The van der Waals surface area contributed by atoms with Gasteiger partial charge in [-0.3, -0.25) is 9.25 Å². The van der Waals surface area contributed by atoms with Crippen molar-refractivity contribution in [3.05, 3.63) is 28.1 Å². The van der Waals surface area contributed by atoms with Crippen LogP contribution in [-0.4, -0.2) is 19.3 Å². The second kappa shape index (κ2) is 4.94. The van der Waals surface area contributed by atoms with E-state index in [1.807, 2.05) is 11.7 Å². The van der Waals surface area contributed by atoms with Crippen LogP contribution in [-0.2, 0) is 19.9 Å². The summed E-state index contributed by atoms with van der Waals surface area (Å²) in [6, 6.07) is 2.42. The zero-order valence-corrected chi connectivity index (χ0v) is 12.8. The van der Waals surface area contributed by atoms with Crippen LogP contribution in [0.2, 0.25) is 0 Å². The van der Waals surface area contributed by atoms with Gasteiger partial charge in [0.05, 0.1) is 5.69 Å². The number of hydrogen-bond donors (Lipinski definition) is 1. The molecule has 3 rings (SSSR count). The summed E-state index contributed by atoms with van der Waals surface area (Å²) in [5.74, 6) is 0.574. The Bertz CT molecular complexity index is 722. The molecule has 0 spiro atoms. The van der Waals surface area contributed by atoms with Gasteiger partial charge in [0.25, 0.3) is 0 Å². The molecular formula is C14H19N5S. The first-order chi connectivity index (χ1) is 9.61. The SMILES string of the molecule is CCc1nn(C)c2c1nc(N)n2C(C)Cc1ccsc1. The lowest BCUT2D eigenvalue weighted by Crippen LogP contribution is -2.13. The highest BCUT2D eigenvalue weighted by atomic mass is 32.1. The summed E-state index contributed by atoms with van der Waals surface area (Å²) in [6.45, 7) is 4.26. The molecule has 106 valence electrons. The molecule has 5 nitrogen and oxygen atoms in total. The number of aromatic nitrogens is 4. The highest BCUT2D eigenvalue weighted by molar-refractivity contribution is 7.07. The first kappa shape index (κ1) is 13.2. The van der Waals surface area contributed by atoms with Gasteiger partial charge in [0, 0.05) is 13.1 Å². The second-order valence-corrected chi connectivity index (χ2v) is 5.90. The molecule has 3 aromatic rings. The smallest absolute Gasteiger partial charge is 0.202 e. The average Bonchev–Trinajstić information content (AvgIpc) is 3.08. The Morgan fingerprint density at radius 1 is 1.45 bits per heavy atom. The monoisotopic (exact) mass is 289 g/mol. The number of rotatable bonds is 4. The molecule has 0 amide bonds. The number of nitrogen functional groups attached to an aromatic ring is 1. The molecule has 1 unspecified atom stereocenters. The van der Waals surface area contributed by atoms with E-state index in [0.29, 0.717) is 5.95 Å². The number of fused-ring (bicyclic) bond motifs is 1. The highest BCUT2D eigenvalue weighted by Crippen LogP contribution is 2.27. The zero-order valence-electron chi connectivity index (χ0n) is 12.0. The van der Waals surface area contributed by atoms with Crippen molar-refractivity contribution < 1.29 is 0 Å². The Morgan fingerprint density at radius 3 is 2.90 bits per heavy atom. The second-order valence-electron chi connectivity index (χ2n) is 5.12. The van der Waals surface area contributed by atoms with E-state index in [1.54, 1.807) is 11.3 Å². The standard InChI is InChI=1S/C14H19N5S/c1-4-11-12-13(18(3)17-11)19(14(15)16-12)9(2)7-10-5-6-20-8-10/h5-6,8-9H,4,7H2,1-3H3,(H2,15,16). The minimum absolute atomic E-state index is 0.259. The van der Waals surface area contributed by atoms with Crippen LogP contribution >= 0.6 is 11.3 Å². The number of anilines is 1. The predicted molar refractivity (Wildman–Crippen MR) is 83.0 cm³/mol. The first-order valence-electron chi connectivity index (χ1n) is 6.82. The third-order valence-electron chi connectivity index (χ3n) is 3.65. The molecule has 2 N–H and O–H groups in total. The largest absolute Gasteiger partial charge is 0.369 e. The summed E-state index contributed by atoms with van der Waals surface area (Å²) in [5.41, 5.74) is 10.4. The third kappa shape index (κ3) is 2.00. The van der Waals surface area contributed by atoms with Gasteiger partial charge >= 0.3 is 0 Å². The number of hydrogen-bond acceptors (Lipinski definition) is 4. The van der Waals surface area contributed by atoms with Crippen LogP contribution in [0.4, 0.5) is 5.95 Å². The van der Waals surface area contributed by atoms with Crippen molar-refractivity contribution in [2.75, 3.05) is 5.73 Å². The van der Waals surface area contributed by atoms with Crippen LogP contribution in [0.5, 0.6) is 0 Å². The summed E-state index contributed by atoms with van der Waals surface area (Å²) in [6.07, 6.45) is 1.82. The van der Waals surface area contributed by atoms with E-state index in [9.17, 15) is 0 Å². The van der Waals surface area contributed by atoms with E-state index < -0.39 is 0 Å². The molecule has 0 bridgehead atoms. The average molecular weight is 289 g/mol. The number of aryl methyl sites for hydroxylation is 2. The van der Waals surface area contributed by atoms with E-state index >= 15 is 0 Å². The van der Waals surface area contributed by atoms with Gasteiger partial charge in [-0.15, -0.1) is 0 Å². The molecule has 0 aliphatic carbocycles. The maximum atomic E-state index is 6.13. The Labute approximate surface area is 122 Å². The zero-order chi connectivity index (χ0) is 14.3. The van der Waals surface area contributed by atoms with Gasteiger partial charge in [-0.2, -0.15) is 16.4 Å². The molecule has 0 aromatic carbocycles. The summed E-state index contributed by atoms with van der Waals surface area (Å²) >= 11 is 1.72. The van der Waals surface area contributed by atoms with Crippen molar-refractivity contribution in [1.29, 1.82) is 0 Å². The molecule has 20 heavy (non-hydrogen) atoms. The van der Waals surface area contributed by atoms with Crippen LogP contribution < -0.4 is 5.73 Å². The summed E-state index contributed by atoms with van der Waals surface area (Å²) in [7, 11) is 1.95. The minimum Gasteiger partial charge on any atom is -0.369 e. The van der Waals surface area contributed by atoms with Gasteiger partial charge < -0.3 is 5.73 Å². The molecule has 0 aliphatic rings. The van der Waals surface area contributed by atoms with Gasteiger partial charge in [0.2, 0.25) is 5.95 Å². The third-order valence-corrected chi connectivity index (χ3v) is 4.38. The fraction of sp³-hybridized carbons (Fsp3) is 0.429. The fourth-order valence-electron chi connectivity index (χ4n) is 2.73. The maximum absolute atomic E-state index is 6.13. The Balaban J connectivity index is 2.06. The molecule has 3 aromatic heterocycles. The van der Waals surface area contributed by atoms with E-state index in [4.69, 9.17) is 5.73 Å². The Hall–Kier alpha value is -1.82. The van der Waals surface area contributed by atoms with E-state index in [2.05, 4.69) is 45.3 Å². The normalized spacial score (nSPS) is 13.2. The lowest BCUT2D eigenvalue weighted by Gasteiger charge is -2.15. The van der Waals surface area contributed by atoms with Crippen LogP contribution in [0, 0.1) is 0 Å². The first-order valence-corrected chi connectivity index (χ1v) is 7.76. The molecule has 0 radical (unpaired) electrons. The predicted octanol–water partition coefficient (Wildman–Crippen LogP) is 2.78. The van der Waals surface area contributed by atoms with E-state index in [1.165, 1.54) is 5.56 Å². The molecule has 0 saturated heterocycles. The quantitative estimate of drug-likeness (QED) is 0.803. The van der Waals surface area contributed by atoms with Crippen LogP contribution in [0.25, 0.3) is 11.2 Å². The van der Waals surface area contributed by atoms with Crippen LogP contribution in [0.15, 0.2) is 16.8 Å².